The van der Waals surface area contributed by atoms with Gasteiger partial charge >= 0.3 is 0 Å². The summed E-state index contributed by atoms with van der Waals surface area (Å²) in [5.41, 5.74) is 3.63. The smallest absolute Gasteiger partial charge is 0.274 e. The van der Waals surface area contributed by atoms with E-state index in [0.29, 0.717) is 21.1 Å². The lowest BCUT2D eigenvalue weighted by atomic mass is 10.2. The number of hydrogen-bond donors (Lipinski definition) is 0. The summed E-state index contributed by atoms with van der Waals surface area (Å²) >= 11 is 7.30. The number of hydrogen-bond acceptors (Lipinski definition) is 4. The zero-order chi connectivity index (χ0) is 19.8. The van der Waals surface area contributed by atoms with Gasteiger partial charge in [-0.1, -0.05) is 59.3 Å². The summed E-state index contributed by atoms with van der Waals surface area (Å²) in [6, 6.07) is 22.9. The summed E-state index contributed by atoms with van der Waals surface area (Å²) in [7, 11) is 0. The van der Waals surface area contributed by atoms with Gasteiger partial charge in [-0.05, 0) is 53.6 Å². The Morgan fingerprint density at radius 2 is 1.76 bits per heavy atom. The Morgan fingerprint density at radius 3 is 2.55 bits per heavy atom. The molecule has 29 heavy (non-hydrogen) atoms. The average molecular weight is 419 g/mol. The molecule has 0 spiro atoms. The number of aromatic nitrogens is 2. The highest BCUT2D eigenvalue weighted by atomic mass is 35.5. The molecule has 0 unspecified atom stereocenters. The van der Waals surface area contributed by atoms with E-state index < -0.39 is 0 Å². The fourth-order valence-electron chi connectivity index (χ4n) is 3.17. The zero-order valence-electron chi connectivity index (χ0n) is 15.2. The monoisotopic (exact) mass is 418 g/mol. The van der Waals surface area contributed by atoms with E-state index in [0.717, 1.165) is 27.9 Å². The Morgan fingerprint density at radius 1 is 1.00 bits per heavy atom. The van der Waals surface area contributed by atoms with Crippen molar-refractivity contribution in [3.8, 4) is 5.75 Å². The minimum absolute atomic E-state index is 0.0400. The highest BCUT2D eigenvalue weighted by Gasteiger charge is 2.10. The third-order valence-electron chi connectivity index (χ3n) is 4.64. The van der Waals surface area contributed by atoms with Crippen LogP contribution in [0.3, 0.4) is 0 Å². The molecular weight excluding hydrogens is 404 g/mol. The molecule has 0 atom stereocenters. The summed E-state index contributed by atoms with van der Waals surface area (Å²) in [6.45, 7) is 0.472. The Bertz CT molecular complexity index is 1420. The van der Waals surface area contributed by atoms with Crippen LogP contribution in [0.25, 0.3) is 22.1 Å². The molecule has 142 valence electrons. The fourth-order valence-corrected chi connectivity index (χ4v) is 4.28. The Kier molecular flexibility index (Phi) is 4.54. The largest absolute Gasteiger partial charge is 0.489 e. The van der Waals surface area contributed by atoms with Crippen molar-refractivity contribution in [1.29, 1.82) is 0 Å². The second-order valence-electron chi connectivity index (χ2n) is 6.62. The number of thiazole rings is 1. The molecule has 5 rings (SSSR count). The summed E-state index contributed by atoms with van der Waals surface area (Å²) < 4.78 is 8.15. The topological polar surface area (TPSA) is 43.6 Å². The van der Waals surface area contributed by atoms with Gasteiger partial charge in [0.25, 0.3) is 5.56 Å². The molecule has 3 aromatic carbocycles. The molecule has 0 aliphatic heterocycles. The summed E-state index contributed by atoms with van der Waals surface area (Å²) in [6.07, 6.45) is 1.89. The molecule has 0 amide bonds. The van der Waals surface area contributed by atoms with Crippen molar-refractivity contribution in [2.24, 2.45) is 0 Å². The first-order valence-corrected chi connectivity index (χ1v) is 10.3. The van der Waals surface area contributed by atoms with Gasteiger partial charge in [0.05, 0.1) is 15.6 Å². The summed E-state index contributed by atoms with van der Waals surface area (Å²) in [5.74, 6) is 0.770. The zero-order valence-corrected chi connectivity index (χ0v) is 16.8. The molecule has 4 nitrogen and oxygen atoms in total. The second kappa shape index (κ2) is 7.35. The quantitative estimate of drug-likeness (QED) is 0.425. The molecule has 0 aliphatic carbocycles. The Balaban J connectivity index is 1.40. The molecular formula is C23H15ClN2O2S. The Labute approximate surface area is 175 Å². The van der Waals surface area contributed by atoms with Crippen LogP contribution in [0.2, 0.25) is 5.02 Å². The van der Waals surface area contributed by atoms with Crippen molar-refractivity contribution in [1.82, 2.24) is 9.38 Å². The third kappa shape index (κ3) is 3.50. The van der Waals surface area contributed by atoms with Crippen LogP contribution in [0.1, 0.15) is 11.1 Å². The lowest BCUT2D eigenvalue weighted by Gasteiger charge is -2.06. The van der Waals surface area contributed by atoms with Crippen LogP contribution in [0.15, 0.2) is 77.6 Å². The molecule has 0 fully saturated rings. The van der Waals surface area contributed by atoms with Crippen molar-refractivity contribution in [2.75, 3.05) is 0 Å². The van der Waals surface area contributed by atoms with Crippen molar-refractivity contribution < 1.29 is 4.74 Å². The number of nitrogens with zero attached hydrogens (tertiary/aromatic N) is 2. The van der Waals surface area contributed by atoms with E-state index in [1.807, 2.05) is 78.9 Å². The van der Waals surface area contributed by atoms with Crippen LogP contribution in [-0.2, 0) is 6.61 Å². The van der Waals surface area contributed by atoms with Crippen molar-refractivity contribution in [3.63, 3.8) is 0 Å². The lowest BCUT2D eigenvalue weighted by molar-refractivity contribution is 0.306. The molecule has 0 N–H and O–H groups in total. The van der Waals surface area contributed by atoms with Gasteiger partial charge < -0.3 is 4.74 Å². The fraction of sp³-hybridized carbons (Fsp3) is 0.0435. The first-order valence-electron chi connectivity index (χ1n) is 9.06. The van der Waals surface area contributed by atoms with Crippen LogP contribution in [0.4, 0.5) is 0 Å². The minimum Gasteiger partial charge on any atom is -0.489 e. The second-order valence-corrected chi connectivity index (χ2v) is 8.06. The van der Waals surface area contributed by atoms with E-state index in [2.05, 4.69) is 4.98 Å². The normalized spacial score (nSPS) is 12.1. The van der Waals surface area contributed by atoms with Crippen molar-refractivity contribution in [2.45, 2.75) is 6.61 Å². The first kappa shape index (κ1) is 17.9. The first-order chi connectivity index (χ1) is 14.2. The molecule has 2 heterocycles. The van der Waals surface area contributed by atoms with Gasteiger partial charge in [0.2, 0.25) is 0 Å². The maximum Gasteiger partial charge on any atom is 0.274 e. The number of ether oxygens (including phenoxy) is 1. The van der Waals surface area contributed by atoms with Crippen molar-refractivity contribution >= 4 is 45.0 Å². The van der Waals surface area contributed by atoms with E-state index in [4.69, 9.17) is 16.3 Å². The van der Waals surface area contributed by atoms with Gasteiger partial charge in [0, 0.05) is 5.02 Å². The van der Waals surface area contributed by atoms with E-state index >= 15 is 0 Å². The number of rotatable bonds is 4. The average Bonchev–Trinajstić information content (AvgIpc) is 3.25. The highest BCUT2D eigenvalue weighted by Crippen LogP contribution is 2.18. The number of imidazole rings is 1. The van der Waals surface area contributed by atoms with Crippen LogP contribution in [0, 0.1) is 0 Å². The maximum absolute atomic E-state index is 12.8. The highest BCUT2D eigenvalue weighted by molar-refractivity contribution is 7.15. The number of halogens is 1. The minimum atomic E-state index is -0.0400. The molecule has 0 saturated carbocycles. The van der Waals surface area contributed by atoms with Gasteiger partial charge in [0.15, 0.2) is 4.96 Å². The molecule has 6 heteroatoms. The molecule has 0 bridgehead atoms. The predicted octanol–water partition coefficient (Wildman–Crippen LogP) is 4.69. The molecule has 0 aliphatic rings. The predicted molar refractivity (Wildman–Crippen MR) is 118 cm³/mol. The van der Waals surface area contributed by atoms with Crippen LogP contribution in [0.5, 0.6) is 5.75 Å². The van der Waals surface area contributed by atoms with E-state index in [1.165, 1.54) is 11.3 Å². The Hall–Kier alpha value is -3.15. The van der Waals surface area contributed by atoms with Crippen LogP contribution < -0.4 is 14.8 Å². The van der Waals surface area contributed by atoms with Gasteiger partial charge in [0.1, 0.15) is 12.4 Å². The lowest BCUT2D eigenvalue weighted by Crippen LogP contribution is -2.22. The van der Waals surface area contributed by atoms with E-state index in [-0.39, 0.29) is 5.56 Å². The molecule has 2 aromatic heterocycles. The van der Waals surface area contributed by atoms with Crippen molar-refractivity contribution in [3.05, 3.63) is 104 Å². The summed E-state index contributed by atoms with van der Waals surface area (Å²) in [5, 5.41) is 0.709. The SMILES string of the molecule is O=c1/c(=C\c2ccc(OCc3ccc(Cl)cc3)cc2)sc2nc3ccccc3n12. The standard InChI is InChI=1S/C23H15ClN2O2S/c24-17-9-5-16(6-10-17)14-28-18-11-7-15(8-12-18)13-21-22(27)26-20-4-2-1-3-19(20)25-23(26)29-21/h1-13H,14H2/b21-13+. The van der Waals surface area contributed by atoms with Gasteiger partial charge in [-0.3, -0.25) is 4.79 Å². The van der Waals surface area contributed by atoms with Gasteiger partial charge in [-0.2, -0.15) is 0 Å². The van der Waals surface area contributed by atoms with Crippen LogP contribution in [-0.4, -0.2) is 9.38 Å². The van der Waals surface area contributed by atoms with E-state index in [1.54, 1.807) is 4.40 Å². The van der Waals surface area contributed by atoms with E-state index in [9.17, 15) is 4.79 Å². The number of fused-ring (bicyclic) bond motifs is 3. The number of benzene rings is 3. The molecule has 0 saturated heterocycles. The maximum atomic E-state index is 12.8. The van der Waals surface area contributed by atoms with Gasteiger partial charge in [-0.25, -0.2) is 9.38 Å². The third-order valence-corrected chi connectivity index (χ3v) is 5.86. The number of para-hydroxylation sites is 2. The van der Waals surface area contributed by atoms with Gasteiger partial charge in [-0.15, -0.1) is 0 Å². The molecule has 0 radical (unpaired) electrons. The molecule has 5 aromatic rings. The van der Waals surface area contributed by atoms with Crippen LogP contribution >= 0.6 is 22.9 Å². The summed E-state index contributed by atoms with van der Waals surface area (Å²) in [4.78, 5) is 18.1.